The lowest BCUT2D eigenvalue weighted by Crippen LogP contribution is -2.22. The molecule has 0 saturated heterocycles. The highest BCUT2D eigenvalue weighted by atomic mass is 14.9. The molecule has 0 unspecified atom stereocenters. The molecule has 0 aliphatic heterocycles. The normalized spacial score (nSPS) is 24.1. The van der Waals surface area contributed by atoms with Crippen LogP contribution < -0.4 is 5.32 Å². The molecule has 2 saturated carbocycles. The molecule has 2 fully saturated rings. The van der Waals surface area contributed by atoms with Crippen molar-refractivity contribution in [3.63, 3.8) is 0 Å². The van der Waals surface area contributed by atoms with Gasteiger partial charge in [0.1, 0.15) is 0 Å². The van der Waals surface area contributed by atoms with E-state index in [1.165, 1.54) is 57.8 Å². The van der Waals surface area contributed by atoms with Crippen LogP contribution in [0.15, 0.2) is 11.6 Å². The quantitative estimate of drug-likeness (QED) is 0.698. The topological polar surface area (TPSA) is 12.0 Å². The van der Waals surface area contributed by atoms with Crippen LogP contribution in [0.2, 0.25) is 0 Å². The first kappa shape index (κ1) is 14.1. The van der Waals surface area contributed by atoms with E-state index in [1.807, 2.05) is 0 Å². The minimum Gasteiger partial charge on any atom is -0.310 e. The highest BCUT2D eigenvalue weighted by Crippen LogP contribution is 2.26. The molecule has 1 heteroatoms. The van der Waals surface area contributed by atoms with Gasteiger partial charge in [-0.05, 0) is 37.5 Å². The Morgan fingerprint density at radius 1 is 1.00 bits per heavy atom. The summed E-state index contributed by atoms with van der Waals surface area (Å²) < 4.78 is 0. The van der Waals surface area contributed by atoms with Gasteiger partial charge in [0.25, 0.3) is 0 Å². The summed E-state index contributed by atoms with van der Waals surface area (Å²) in [6.45, 7) is 5.84. The van der Waals surface area contributed by atoms with Crippen LogP contribution in [0.1, 0.15) is 71.6 Å². The first-order valence-electron chi connectivity index (χ1n) is 8.19. The maximum absolute atomic E-state index is 3.69. The molecule has 2 aliphatic rings. The van der Waals surface area contributed by atoms with E-state index in [2.05, 4.69) is 25.2 Å². The lowest BCUT2D eigenvalue weighted by Gasteiger charge is -2.20. The van der Waals surface area contributed by atoms with Gasteiger partial charge in [-0.1, -0.05) is 57.6 Å². The molecule has 2 aliphatic carbocycles. The molecule has 0 atom stereocenters. The Bertz CT molecular complexity index is 255. The van der Waals surface area contributed by atoms with Crippen molar-refractivity contribution < 1.29 is 0 Å². The van der Waals surface area contributed by atoms with Crippen molar-refractivity contribution in [1.29, 1.82) is 0 Å². The average molecular weight is 249 g/mol. The SMILES string of the molecule is CC(C)C(=CC1CCCCCCC1)CNC1CC1. The molecule has 0 radical (unpaired) electrons. The van der Waals surface area contributed by atoms with Crippen molar-refractivity contribution in [3.8, 4) is 0 Å². The van der Waals surface area contributed by atoms with Gasteiger partial charge < -0.3 is 5.32 Å². The highest BCUT2D eigenvalue weighted by molar-refractivity contribution is 5.10. The van der Waals surface area contributed by atoms with Crippen molar-refractivity contribution in [2.75, 3.05) is 6.54 Å². The third-order valence-electron chi connectivity index (χ3n) is 4.51. The molecule has 1 N–H and O–H groups in total. The molecule has 1 nitrogen and oxygen atoms in total. The van der Waals surface area contributed by atoms with E-state index >= 15 is 0 Å². The van der Waals surface area contributed by atoms with E-state index in [-0.39, 0.29) is 0 Å². The molecule has 18 heavy (non-hydrogen) atoms. The van der Waals surface area contributed by atoms with Gasteiger partial charge in [-0.15, -0.1) is 0 Å². The predicted octanol–water partition coefficient (Wildman–Crippen LogP) is 4.68. The summed E-state index contributed by atoms with van der Waals surface area (Å²) in [7, 11) is 0. The lowest BCUT2D eigenvalue weighted by molar-refractivity contribution is 0.430. The van der Waals surface area contributed by atoms with Gasteiger partial charge in [0.05, 0.1) is 0 Å². The lowest BCUT2D eigenvalue weighted by atomic mass is 9.88. The van der Waals surface area contributed by atoms with Crippen LogP contribution in [0, 0.1) is 11.8 Å². The van der Waals surface area contributed by atoms with Crippen LogP contribution in [0.5, 0.6) is 0 Å². The summed E-state index contributed by atoms with van der Waals surface area (Å²) in [4.78, 5) is 0. The Morgan fingerprint density at radius 3 is 2.17 bits per heavy atom. The van der Waals surface area contributed by atoms with E-state index in [0.717, 1.165) is 18.5 Å². The number of nitrogens with one attached hydrogen (secondary N) is 1. The first-order chi connectivity index (χ1) is 8.75. The van der Waals surface area contributed by atoms with Crippen molar-refractivity contribution in [1.82, 2.24) is 5.32 Å². The molecule has 0 bridgehead atoms. The maximum Gasteiger partial charge on any atom is 0.0169 e. The Morgan fingerprint density at radius 2 is 1.61 bits per heavy atom. The fourth-order valence-corrected chi connectivity index (χ4v) is 2.96. The Kier molecular flexibility index (Phi) is 5.75. The standard InChI is InChI=1S/C17H31N/c1-14(2)16(13-18-17-10-11-17)12-15-8-6-4-3-5-7-9-15/h12,14-15,17-18H,3-11,13H2,1-2H3. The minimum absolute atomic E-state index is 0.710. The van der Waals surface area contributed by atoms with E-state index in [4.69, 9.17) is 0 Å². The number of allylic oxidation sites excluding steroid dienone is 1. The second kappa shape index (κ2) is 7.33. The molecule has 0 amide bonds. The van der Waals surface area contributed by atoms with Gasteiger partial charge >= 0.3 is 0 Å². The van der Waals surface area contributed by atoms with Gasteiger partial charge in [0.2, 0.25) is 0 Å². The van der Waals surface area contributed by atoms with Crippen molar-refractivity contribution in [2.45, 2.75) is 77.7 Å². The monoisotopic (exact) mass is 249 g/mol. The zero-order valence-electron chi connectivity index (χ0n) is 12.4. The van der Waals surface area contributed by atoms with Crippen LogP contribution in [-0.2, 0) is 0 Å². The van der Waals surface area contributed by atoms with Gasteiger partial charge in [-0.25, -0.2) is 0 Å². The molecule has 2 rings (SSSR count). The predicted molar refractivity (Wildman–Crippen MR) is 79.8 cm³/mol. The molecular formula is C17H31N. The third kappa shape index (κ3) is 5.14. The Hall–Kier alpha value is -0.300. The van der Waals surface area contributed by atoms with E-state index in [1.54, 1.807) is 5.57 Å². The van der Waals surface area contributed by atoms with Crippen LogP contribution in [0.25, 0.3) is 0 Å². The summed E-state index contributed by atoms with van der Waals surface area (Å²) in [5, 5.41) is 3.69. The molecule has 0 aromatic carbocycles. The number of hydrogen-bond acceptors (Lipinski definition) is 1. The second-order valence-electron chi connectivity index (χ2n) is 6.66. The van der Waals surface area contributed by atoms with Crippen LogP contribution in [0.3, 0.4) is 0 Å². The highest BCUT2D eigenvalue weighted by Gasteiger charge is 2.21. The van der Waals surface area contributed by atoms with Crippen molar-refractivity contribution in [2.24, 2.45) is 11.8 Å². The minimum atomic E-state index is 0.710. The molecule has 0 aromatic rings. The number of hydrogen-bond donors (Lipinski definition) is 1. The summed E-state index contributed by atoms with van der Waals surface area (Å²) in [6, 6.07) is 0.837. The van der Waals surface area contributed by atoms with Crippen molar-refractivity contribution >= 4 is 0 Å². The van der Waals surface area contributed by atoms with Gasteiger partial charge in [-0.3, -0.25) is 0 Å². The fraction of sp³-hybridized carbons (Fsp3) is 0.882. The van der Waals surface area contributed by atoms with E-state index < -0.39 is 0 Å². The average Bonchev–Trinajstić information content (AvgIpc) is 3.09. The zero-order valence-corrected chi connectivity index (χ0v) is 12.4. The van der Waals surface area contributed by atoms with Crippen LogP contribution in [0.4, 0.5) is 0 Å². The maximum atomic E-state index is 3.69. The fourth-order valence-electron chi connectivity index (χ4n) is 2.96. The number of rotatable bonds is 5. The van der Waals surface area contributed by atoms with E-state index in [0.29, 0.717) is 5.92 Å². The van der Waals surface area contributed by atoms with Gasteiger partial charge in [0, 0.05) is 12.6 Å². The van der Waals surface area contributed by atoms with Crippen LogP contribution >= 0.6 is 0 Å². The van der Waals surface area contributed by atoms with Gasteiger partial charge in [-0.2, -0.15) is 0 Å². The summed E-state index contributed by atoms with van der Waals surface area (Å²) >= 11 is 0. The summed E-state index contributed by atoms with van der Waals surface area (Å²) in [6.07, 6.45) is 15.6. The second-order valence-corrected chi connectivity index (χ2v) is 6.66. The Labute approximate surface area is 113 Å². The molecular weight excluding hydrogens is 218 g/mol. The molecule has 0 spiro atoms. The van der Waals surface area contributed by atoms with Crippen molar-refractivity contribution in [3.05, 3.63) is 11.6 Å². The summed E-state index contributed by atoms with van der Waals surface area (Å²) in [5.74, 6) is 1.57. The summed E-state index contributed by atoms with van der Waals surface area (Å²) in [5.41, 5.74) is 1.66. The largest absolute Gasteiger partial charge is 0.310 e. The third-order valence-corrected chi connectivity index (χ3v) is 4.51. The smallest absolute Gasteiger partial charge is 0.0169 e. The molecule has 0 heterocycles. The Balaban J connectivity index is 1.86. The van der Waals surface area contributed by atoms with Gasteiger partial charge in [0.15, 0.2) is 0 Å². The first-order valence-corrected chi connectivity index (χ1v) is 8.19. The zero-order chi connectivity index (χ0) is 12.8. The van der Waals surface area contributed by atoms with Crippen LogP contribution in [-0.4, -0.2) is 12.6 Å². The van der Waals surface area contributed by atoms with E-state index in [9.17, 15) is 0 Å². The molecule has 0 aromatic heterocycles. The molecule has 104 valence electrons.